The summed E-state index contributed by atoms with van der Waals surface area (Å²) >= 11 is 0. The Hall–Kier alpha value is 0.430. The zero-order valence-corrected chi connectivity index (χ0v) is 15.5. The van der Waals surface area contributed by atoms with Crippen LogP contribution >= 0.6 is 7.92 Å². The summed E-state index contributed by atoms with van der Waals surface area (Å²) in [6.45, 7) is 0. The maximum Gasteiger partial charge on any atom is -0.0199 e. The number of fused-ring (bicyclic) bond motifs is 1. The highest BCUT2D eigenvalue weighted by Gasteiger charge is 2.43. The first kappa shape index (κ1) is 15.9. The molecule has 0 aromatic carbocycles. The summed E-state index contributed by atoms with van der Waals surface area (Å²) in [7, 11) is 0.365. The second kappa shape index (κ2) is 7.55. The fraction of sp³-hybridized carbons (Fsp3) is 1.00. The molecule has 2 unspecified atom stereocenters. The van der Waals surface area contributed by atoms with E-state index in [-0.39, 0.29) is 0 Å². The molecule has 4 saturated carbocycles. The van der Waals surface area contributed by atoms with Gasteiger partial charge in [-0.3, -0.25) is 0 Å². The van der Waals surface area contributed by atoms with Crippen molar-refractivity contribution in [1.29, 1.82) is 0 Å². The van der Waals surface area contributed by atoms with E-state index in [9.17, 15) is 0 Å². The van der Waals surface area contributed by atoms with Crippen LogP contribution in [-0.2, 0) is 0 Å². The van der Waals surface area contributed by atoms with Crippen molar-refractivity contribution < 1.29 is 0 Å². The Kier molecular flexibility index (Phi) is 5.46. The van der Waals surface area contributed by atoms with Gasteiger partial charge in [0.1, 0.15) is 0 Å². The van der Waals surface area contributed by atoms with E-state index in [1.54, 1.807) is 103 Å². The minimum Gasteiger partial charge on any atom is -0.0971 e. The fourth-order valence-electron chi connectivity index (χ4n) is 6.60. The average Bonchev–Trinajstić information content (AvgIpc) is 3.00. The van der Waals surface area contributed by atoms with E-state index in [4.69, 9.17) is 0 Å². The summed E-state index contributed by atoms with van der Waals surface area (Å²) in [5.74, 6) is 2.33. The van der Waals surface area contributed by atoms with Crippen LogP contribution in [0.4, 0.5) is 0 Å². The molecule has 0 heterocycles. The molecular weight excluding hydrogens is 283 g/mol. The van der Waals surface area contributed by atoms with Crippen molar-refractivity contribution >= 4 is 7.92 Å². The molecule has 0 nitrogen and oxygen atoms in total. The van der Waals surface area contributed by atoms with Crippen LogP contribution in [0.3, 0.4) is 0 Å². The van der Waals surface area contributed by atoms with Gasteiger partial charge in [-0.15, -0.1) is 0 Å². The van der Waals surface area contributed by atoms with Gasteiger partial charge in [-0.05, 0) is 67.3 Å². The Morgan fingerprint density at radius 3 is 1.27 bits per heavy atom. The molecule has 126 valence electrons. The molecule has 0 N–H and O–H groups in total. The molecule has 4 aliphatic rings. The van der Waals surface area contributed by atoms with Crippen LogP contribution in [0.2, 0.25) is 0 Å². The van der Waals surface area contributed by atoms with Gasteiger partial charge in [0.2, 0.25) is 0 Å². The molecule has 22 heavy (non-hydrogen) atoms. The van der Waals surface area contributed by atoms with Crippen LogP contribution in [0, 0.1) is 11.8 Å². The van der Waals surface area contributed by atoms with Crippen LogP contribution in [0.25, 0.3) is 0 Å². The van der Waals surface area contributed by atoms with Gasteiger partial charge in [-0.1, -0.05) is 72.1 Å². The largest absolute Gasteiger partial charge is 0.0971 e. The summed E-state index contributed by atoms with van der Waals surface area (Å²) in [4.78, 5) is 0. The Bertz CT molecular complexity index is 308. The SMILES string of the molecule is C1CCC(P(C2CCCCC2)C2CC3CCCCC3C2)CC1. The summed E-state index contributed by atoms with van der Waals surface area (Å²) in [6.07, 6.45) is 25.5. The maximum atomic E-state index is 1.67. The zero-order valence-electron chi connectivity index (χ0n) is 14.6. The molecule has 0 aromatic rings. The highest BCUT2D eigenvalue weighted by atomic mass is 31.1. The number of hydrogen-bond acceptors (Lipinski definition) is 0. The Morgan fingerprint density at radius 2 is 0.818 bits per heavy atom. The molecule has 0 radical (unpaired) electrons. The van der Waals surface area contributed by atoms with Crippen molar-refractivity contribution in [3.8, 4) is 0 Å². The quantitative estimate of drug-likeness (QED) is 0.486. The highest BCUT2D eigenvalue weighted by Crippen LogP contribution is 2.64. The normalized spacial score (nSPS) is 38.3. The van der Waals surface area contributed by atoms with Crippen LogP contribution in [0.15, 0.2) is 0 Å². The van der Waals surface area contributed by atoms with Crippen molar-refractivity contribution in [2.75, 3.05) is 0 Å². The smallest absolute Gasteiger partial charge is 0.0199 e. The van der Waals surface area contributed by atoms with E-state index in [0.29, 0.717) is 7.92 Å². The molecule has 0 spiro atoms. The molecule has 0 aromatic heterocycles. The molecule has 0 amide bonds. The third-order valence-electron chi connectivity index (χ3n) is 7.63. The van der Waals surface area contributed by atoms with Gasteiger partial charge in [-0.25, -0.2) is 0 Å². The van der Waals surface area contributed by atoms with Crippen LogP contribution in [-0.4, -0.2) is 17.0 Å². The molecule has 1 heteroatoms. The highest BCUT2D eigenvalue weighted by molar-refractivity contribution is 7.60. The van der Waals surface area contributed by atoms with Gasteiger partial charge in [0.05, 0.1) is 0 Å². The predicted octanol–water partition coefficient (Wildman–Crippen LogP) is 7.10. The summed E-state index contributed by atoms with van der Waals surface area (Å²) in [5.41, 5.74) is 3.59. The van der Waals surface area contributed by atoms with Crippen molar-refractivity contribution in [3.63, 3.8) is 0 Å². The van der Waals surface area contributed by atoms with Gasteiger partial charge in [-0.2, -0.15) is 0 Å². The lowest BCUT2D eigenvalue weighted by Gasteiger charge is -2.42. The Labute approximate surface area is 140 Å². The topological polar surface area (TPSA) is 0 Å². The van der Waals surface area contributed by atoms with Crippen molar-refractivity contribution in [2.45, 2.75) is 120 Å². The second-order valence-corrected chi connectivity index (χ2v) is 12.0. The monoisotopic (exact) mass is 320 g/mol. The number of hydrogen-bond donors (Lipinski definition) is 0. The molecule has 4 fully saturated rings. The zero-order chi connectivity index (χ0) is 14.8. The summed E-state index contributed by atoms with van der Waals surface area (Å²) in [6, 6.07) is 0. The van der Waals surface area contributed by atoms with Gasteiger partial charge in [0.15, 0.2) is 0 Å². The fourth-order valence-corrected chi connectivity index (χ4v) is 11.3. The Morgan fingerprint density at radius 1 is 0.409 bits per heavy atom. The summed E-state index contributed by atoms with van der Waals surface area (Å²) in [5, 5.41) is 0. The van der Waals surface area contributed by atoms with E-state index < -0.39 is 0 Å². The first-order chi connectivity index (χ1) is 10.9. The van der Waals surface area contributed by atoms with Crippen LogP contribution in [0.5, 0.6) is 0 Å². The van der Waals surface area contributed by atoms with Crippen LogP contribution in [0.1, 0.15) is 103 Å². The van der Waals surface area contributed by atoms with E-state index in [0.717, 1.165) is 11.8 Å². The lowest BCUT2D eigenvalue weighted by Crippen LogP contribution is -2.25. The third kappa shape index (κ3) is 3.43. The average molecular weight is 321 g/mol. The predicted molar refractivity (Wildman–Crippen MR) is 99.1 cm³/mol. The van der Waals surface area contributed by atoms with E-state index in [2.05, 4.69) is 0 Å². The van der Waals surface area contributed by atoms with Crippen molar-refractivity contribution in [3.05, 3.63) is 0 Å². The van der Waals surface area contributed by atoms with Gasteiger partial charge in [0.25, 0.3) is 0 Å². The first-order valence-electron chi connectivity index (χ1n) is 10.7. The molecule has 4 aliphatic carbocycles. The van der Waals surface area contributed by atoms with Crippen LogP contribution < -0.4 is 0 Å². The van der Waals surface area contributed by atoms with Gasteiger partial charge < -0.3 is 0 Å². The van der Waals surface area contributed by atoms with Crippen molar-refractivity contribution in [2.24, 2.45) is 11.8 Å². The first-order valence-corrected chi connectivity index (χ1v) is 12.2. The molecular formula is C21H37P. The standard InChI is InChI=1S/C21H37P/c1-3-11-19(12-4-1)22(20-13-5-2-6-14-20)21-15-17-9-7-8-10-18(17)16-21/h17-21H,1-16H2. The van der Waals surface area contributed by atoms with Gasteiger partial charge >= 0.3 is 0 Å². The number of rotatable bonds is 3. The lowest BCUT2D eigenvalue weighted by molar-refractivity contribution is 0.277. The molecule has 0 aliphatic heterocycles. The molecule has 0 bridgehead atoms. The van der Waals surface area contributed by atoms with E-state index >= 15 is 0 Å². The molecule has 0 saturated heterocycles. The molecule has 2 atom stereocenters. The maximum absolute atomic E-state index is 1.67. The third-order valence-corrected chi connectivity index (χ3v) is 11.6. The molecule has 4 rings (SSSR count). The van der Waals surface area contributed by atoms with Gasteiger partial charge in [0, 0.05) is 0 Å². The lowest BCUT2D eigenvalue weighted by atomic mass is 9.82. The summed E-state index contributed by atoms with van der Waals surface area (Å²) < 4.78 is 0. The van der Waals surface area contributed by atoms with E-state index in [1.165, 1.54) is 17.0 Å². The van der Waals surface area contributed by atoms with Crippen molar-refractivity contribution in [1.82, 2.24) is 0 Å². The van der Waals surface area contributed by atoms with E-state index in [1.807, 2.05) is 0 Å². The second-order valence-electron chi connectivity index (χ2n) is 8.96. The minimum absolute atomic E-state index is 0.365. The Balaban J connectivity index is 1.48. The minimum atomic E-state index is 0.365.